The highest BCUT2D eigenvalue weighted by atomic mass is 32.2. The first-order valence-corrected chi connectivity index (χ1v) is 9.84. The van der Waals surface area contributed by atoms with Crippen molar-refractivity contribution < 1.29 is 9.59 Å². The SMILES string of the molecule is CC(=O)Nc1ccc(C2=CSC3=N[C@H]4CCCC[C@@H]4N23)c(NC(C)=O)c1. The van der Waals surface area contributed by atoms with Gasteiger partial charge in [-0.1, -0.05) is 24.6 Å². The molecule has 4 rings (SSSR count). The predicted octanol–water partition coefficient (Wildman–Crippen LogP) is 3.63. The number of hydrogen-bond acceptors (Lipinski definition) is 5. The van der Waals surface area contributed by atoms with Crippen LogP contribution in [-0.2, 0) is 9.59 Å². The van der Waals surface area contributed by atoms with E-state index in [1.807, 2.05) is 18.2 Å². The lowest BCUT2D eigenvalue weighted by Gasteiger charge is -2.32. The summed E-state index contributed by atoms with van der Waals surface area (Å²) in [4.78, 5) is 30.3. The molecule has 1 saturated carbocycles. The van der Waals surface area contributed by atoms with Gasteiger partial charge in [0.1, 0.15) is 0 Å². The van der Waals surface area contributed by atoms with Crippen molar-refractivity contribution in [3.05, 3.63) is 29.2 Å². The number of anilines is 2. The van der Waals surface area contributed by atoms with Crippen molar-refractivity contribution in [3.63, 3.8) is 0 Å². The molecule has 2 amide bonds. The van der Waals surface area contributed by atoms with Crippen LogP contribution in [-0.4, -0.2) is 34.0 Å². The van der Waals surface area contributed by atoms with Gasteiger partial charge in [0.2, 0.25) is 11.8 Å². The predicted molar refractivity (Wildman–Crippen MR) is 106 cm³/mol. The van der Waals surface area contributed by atoms with Crippen LogP contribution in [0.1, 0.15) is 45.1 Å². The monoisotopic (exact) mass is 370 g/mol. The lowest BCUT2D eigenvalue weighted by molar-refractivity contribution is -0.115. The zero-order chi connectivity index (χ0) is 18.3. The molecule has 2 atom stereocenters. The third-order valence-corrected chi connectivity index (χ3v) is 5.82. The maximum Gasteiger partial charge on any atom is 0.221 e. The van der Waals surface area contributed by atoms with Crippen LogP contribution in [0.15, 0.2) is 28.6 Å². The number of carbonyl (C=O) groups excluding carboxylic acids is 2. The van der Waals surface area contributed by atoms with Gasteiger partial charge in [-0.2, -0.15) is 0 Å². The second-order valence-electron chi connectivity index (χ2n) is 6.94. The van der Waals surface area contributed by atoms with Crippen LogP contribution < -0.4 is 10.6 Å². The van der Waals surface area contributed by atoms with Crippen LogP contribution in [0.25, 0.3) is 5.70 Å². The van der Waals surface area contributed by atoms with E-state index in [9.17, 15) is 9.59 Å². The van der Waals surface area contributed by atoms with Crippen LogP contribution in [0.2, 0.25) is 0 Å². The lowest BCUT2D eigenvalue weighted by atomic mass is 9.90. The number of benzene rings is 1. The number of aliphatic imine (C=N–C) groups is 1. The molecule has 6 nitrogen and oxygen atoms in total. The fraction of sp³-hybridized carbons (Fsp3) is 0.421. The molecule has 0 unspecified atom stereocenters. The van der Waals surface area contributed by atoms with Gasteiger partial charge in [-0.25, -0.2) is 0 Å². The Morgan fingerprint density at radius 1 is 1.15 bits per heavy atom. The molecule has 0 saturated heterocycles. The minimum atomic E-state index is -0.138. The van der Waals surface area contributed by atoms with Gasteiger partial charge in [-0.15, -0.1) is 0 Å². The van der Waals surface area contributed by atoms with Crippen molar-refractivity contribution in [2.75, 3.05) is 10.6 Å². The van der Waals surface area contributed by atoms with Crippen LogP contribution in [0.3, 0.4) is 0 Å². The summed E-state index contributed by atoms with van der Waals surface area (Å²) in [6, 6.07) is 6.45. The first kappa shape index (κ1) is 17.1. The van der Waals surface area contributed by atoms with E-state index in [1.165, 1.54) is 26.7 Å². The average molecular weight is 370 g/mol. The van der Waals surface area contributed by atoms with Crippen molar-refractivity contribution in [2.24, 2.45) is 4.99 Å². The molecule has 1 aromatic rings. The highest BCUT2D eigenvalue weighted by Gasteiger charge is 2.42. The standard InChI is InChI=1S/C19H22N4O2S/c1-11(24)20-13-7-8-14(16(9-13)21-12(2)25)18-10-26-19-22-15-5-3-4-6-17(15)23(18)19/h7-10,15,17H,3-6H2,1-2H3,(H,20,24)(H,21,25)/t15-,17-/m0/s1. The van der Waals surface area contributed by atoms with Crippen molar-refractivity contribution >= 4 is 45.8 Å². The van der Waals surface area contributed by atoms with Gasteiger partial charge >= 0.3 is 0 Å². The highest BCUT2D eigenvalue weighted by Crippen LogP contribution is 2.45. The van der Waals surface area contributed by atoms with Gasteiger partial charge < -0.3 is 15.5 Å². The summed E-state index contributed by atoms with van der Waals surface area (Å²) in [5.74, 6) is -0.274. The number of rotatable bonds is 3. The summed E-state index contributed by atoms with van der Waals surface area (Å²) in [6.45, 7) is 2.96. The maximum absolute atomic E-state index is 11.7. The summed E-state index contributed by atoms with van der Waals surface area (Å²) >= 11 is 1.66. The molecule has 0 spiro atoms. The van der Waals surface area contributed by atoms with Crippen molar-refractivity contribution in [1.82, 2.24) is 4.90 Å². The van der Waals surface area contributed by atoms with E-state index in [0.717, 1.165) is 29.3 Å². The number of amides is 2. The maximum atomic E-state index is 11.7. The topological polar surface area (TPSA) is 73.8 Å². The Morgan fingerprint density at radius 3 is 2.69 bits per heavy atom. The smallest absolute Gasteiger partial charge is 0.221 e. The largest absolute Gasteiger partial charge is 0.326 e. The third kappa shape index (κ3) is 3.11. The molecule has 26 heavy (non-hydrogen) atoms. The van der Waals surface area contributed by atoms with E-state index in [-0.39, 0.29) is 11.8 Å². The Hall–Kier alpha value is -2.28. The van der Waals surface area contributed by atoms with Gasteiger partial charge in [0.05, 0.1) is 23.5 Å². The number of carbonyl (C=O) groups is 2. The Kier molecular flexibility index (Phi) is 4.48. The Balaban J connectivity index is 1.69. The molecular formula is C19H22N4O2S. The molecule has 2 N–H and O–H groups in total. The minimum Gasteiger partial charge on any atom is -0.326 e. The van der Waals surface area contributed by atoms with Gasteiger partial charge in [0.25, 0.3) is 0 Å². The summed E-state index contributed by atoms with van der Waals surface area (Å²) in [6.07, 6.45) is 4.78. The number of thioether (sulfide) groups is 1. The van der Waals surface area contributed by atoms with E-state index in [1.54, 1.807) is 11.8 Å². The second-order valence-corrected chi connectivity index (χ2v) is 7.78. The number of nitrogens with one attached hydrogen (secondary N) is 2. The van der Waals surface area contributed by atoms with E-state index in [2.05, 4.69) is 20.9 Å². The normalized spacial score (nSPS) is 23.7. The molecule has 1 aliphatic carbocycles. The first-order valence-electron chi connectivity index (χ1n) is 8.96. The zero-order valence-electron chi connectivity index (χ0n) is 14.9. The average Bonchev–Trinajstić information content (AvgIpc) is 3.13. The second kappa shape index (κ2) is 6.79. The molecule has 0 aromatic heterocycles. The van der Waals surface area contributed by atoms with Crippen molar-refractivity contribution in [1.29, 1.82) is 0 Å². The Morgan fingerprint density at radius 2 is 1.92 bits per heavy atom. The van der Waals surface area contributed by atoms with E-state index in [0.29, 0.717) is 23.5 Å². The Bertz CT molecular complexity index is 833. The quantitative estimate of drug-likeness (QED) is 0.852. The van der Waals surface area contributed by atoms with Gasteiger partial charge in [0, 0.05) is 30.5 Å². The molecule has 136 valence electrons. The molecule has 1 aromatic carbocycles. The van der Waals surface area contributed by atoms with Gasteiger partial charge in [-0.05, 0) is 31.0 Å². The number of hydrogen-bond donors (Lipinski definition) is 2. The molecule has 2 aliphatic heterocycles. The summed E-state index contributed by atoms with van der Waals surface area (Å²) in [5.41, 5.74) is 3.41. The fourth-order valence-electron chi connectivity index (χ4n) is 3.96. The third-order valence-electron chi connectivity index (χ3n) is 4.97. The van der Waals surface area contributed by atoms with Crippen LogP contribution in [0, 0.1) is 0 Å². The van der Waals surface area contributed by atoms with Crippen LogP contribution in [0.5, 0.6) is 0 Å². The highest BCUT2D eigenvalue weighted by molar-refractivity contribution is 8.16. The Labute approximate surface area is 157 Å². The number of fused-ring (bicyclic) bond motifs is 3. The van der Waals surface area contributed by atoms with E-state index >= 15 is 0 Å². The summed E-state index contributed by atoms with van der Waals surface area (Å²) < 4.78 is 0. The number of amidine groups is 1. The lowest BCUT2D eigenvalue weighted by Crippen LogP contribution is -2.38. The molecule has 1 fully saturated rings. The first-order chi connectivity index (χ1) is 12.5. The molecule has 3 aliphatic rings. The van der Waals surface area contributed by atoms with Gasteiger partial charge in [0.15, 0.2) is 5.17 Å². The fourth-order valence-corrected chi connectivity index (χ4v) is 4.96. The van der Waals surface area contributed by atoms with Gasteiger partial charge in [-0.3, -0.25) is 14.6 Å². The van der Waals surface area contributed by atoms with Crippen LogP contribution in [0.4, 0.5) is 11.4 Å². The van der Waals surface area contributed by atoms with Crippen LogP contribution >= 0.6 is 11.8 Å². The summed E-state index contributed by atoms with van der Waals surface area (Å²) in [5, 5.41) is 8.86. The molecule has 7 heteroatoms. The van der Waals surface area contributed by atoms with Crippen molar-refractivity contribution in [2.45, 2.75) is 51.6 Å². The van der Waals surface area contributed by atoms with E-state index < -0.39 is 0 Å². The zero-order valence-corrected chi connectivity index (χ0v) is 15.7. The molecular weight excluding hydrogens is 348 g/mol. The molecule has 0 bridgehead atoms. The minimum absolute atomic E-state index is 0.136. The number of nitrogens with zero attached hydrogens (tertiary/aromatic N) is 2. The molecule has 0 radical (unpaired) electrons. The molecule has 2 heterocycles. The van der Waals surface area contributed by atoms with Crippen molar-refractivity contribution in [3.8, 4) is 0 Å². The van der Waals surface area contributed by atoms with E-state index in [4.69, 9.17) is 4.99 Å². The summed E-state index contributed by atoms with van der Waals surface area (Å²) in [7, 11) is 0.